The molecule has 5 nitrogen and oxygen atoms in total. The average Bonchev–Trinajstić information content (AvgIpc) is 2.82. The molecule has 4 atom stereocenters. The van der Waals surface area contributed by atoms with Crippen molar-refractivity contribution >= 4 is 5.91 Å². The zero-order valence-corrected chi connectivity index (χ0v) is 13.0. The van der Waals surface area contributed by atoms with E-state index < -0.39 is 0 Å². The number of carbonyl (C=O) groups is 1. The third-order valence-corrected chi connectivity index (χ3v) is 5.69. The van der Waals surface area contributed by atoms with Gasteiger partial charge >= 0.3 is 0 Å². The van der Waals surface area contributed by atoms with Gasteiger partial charge in [0.1, 0.15) is 6.17 Å². The summed E-state index contributed by atoms with van der Waals surface area (Å²) in [5, 5.41) is 10.2. The van der Waals surface area contributed by atoms with Gasteiger partial charge in [-0.25, -0.2) is 0 Å². The fourth-order valence-corrected chi connectivity index (χ4v) is 4.46. The molecule has 0 radical (unpaired) electrons. The summed E-state index contributed by atoms with van der Waals surface area (Å²) in [5.74, 6) is 1.67. The van der Waals surface area contributed by atoms with Crippen LogP contribution in [0, 0.1) is 17.8 Å². The monoisotopic (exact) mass is 290 g/mol. The Morgan fingerprint density at radius 1 is 1.33 bits per heavy atom. The van der Waals surface area contributed by atoms with E-state index in [9.17, 15) is 4.79 Å². The normalized spacial score (nSPS) is 37.4. The van der Waals surface area contributed by atoms with Crippen LogP contribution in [0.15, 0.2) is 11.9 Å². The van der Waals surface area contributed by atoms with Gasteiger partial charge in [0.2, 0.25) is 5.91 Å². The molecule has 1 aliphatic carbocycles. The van der Waals surface area contributed by atoms with E-state index in [1.54, 1.807) is 0 Å². The van der Waals surface area contributed by atoms with Gasteiger partial charge in [0.05, 0.1) is 5.54 Å². The fraction of sp³-hybridized carbons (Fsp3) is 0.812. The first-order valence-corrected chi connectivity index (χ1v) is 8.32. The first kappa shape index (κ1) is 13.4. The third kappa shape index (κ3) is 2.13. The number of carbonyl (C=O) groups excluding carboxylic acids is 1. The number of piperidine rings is 2. The molecular weight excluding hydrogens is 264 g/mol. The van der Waals surface area contributed by atoms with Crippen LogP contribution in [0.5, 0.6) is 0 Å². The van der Waals surface area contributed by atoms with E-state index in [1.807, 2.05) is 0 Å². The maximum absolute atomic E-state index is 12.5. The predicted octanol–water partition coefficient (Wildman–Crippen LogP) is 0.603. The van der Waals surface area contributed by atoms with Crippen molar-refractivity contribution in [3.63, 3.8) is 0 Å². The van der Waals surface area contributed by atoms with Gasteiger partial charge in [0.25, 0.3) is 0 Å². The molecule has 0 aromatic rings. The van der Waals surface area contributed by atoms with Crippen LogP contribution < -0.4 is 16.0 Å². The van der Waals surface area contributed by atoms with Gasteiger partial charge in [0.15, 0.2) is 0 Å². The van der Waals surface area contributed by atoms with Gasteiger partial charge in [-0.05, 0) is 58.0 Å². The van der Waals surface area contributed by atoms with Crippen molar-refractivity contribution in [2.75, 3.05) is 19.6 Å². The number of fused-ring (bicyclic) bond motifs is 2. The second-order valence-corrected chi connectivity index (χ2v) is 7.58. The Kier molecular flexibility index (Phi) is 2.96. The first-order chi connectivity index (χ1) is 10.1. The molecule has 1 amide bonds. The van der Waals surface area contributed by atoms with Gasteiger partial charge in [0, 0.05) is 24.4 Å². The summed E-state index contributed by atoms with van der Waals surface area (Å²) >= 11 is 0. The molecule has 0 bridgehead atoms. The van der Waals surface area contributed by atoms with Crippen molar-refractivity contribution in [1.29, 1.82) is 0 Å². The molecule has 1 saturated carbocycles. The molecule has 4 rings (SSSR count). The van der Waals surface area contributed by atoms with Crippen LogP contribution in [-0.2, 0) is 4.79 Å². The standard InChI is InChI=1S/C16H26N4O/c1-16(2,15-18-7-10-5-3-4-6-20(10)15)19-14(21)13-11-8-17-9-12(11)13/h7,11-13,15,17-18H,3-6,8-9H2,1-2H3,(H,19,21)/t11-,12+,13+,15?. The molecule has 0 aromatic heterocycles. The zero-order valence-electron chi connectivity index (χ0n) is 13.0. The summed E-state index contributed by atoms with van der Waals surface area (Å²) in [6.07, 6.45) is 6.02. The van der Waals surface area contributed by atoms with Crippen molar-refractivity contribution in [1.82, 2.24) is 20.9 Å². The maximum Gasteiger partial charge on any atom is 0.224 e. The van der Waals surface area contributed by atoms with E-state index in [0.717, 1.165) is 26.1 Å². The van der Waals surface area contributed by atoms with Crippen LogP contribution in [0.25, 0.3) is 0 Å². The highest BCUT2D eigenvalue weighted by Crippen LogP contribution is 2.49. The summed E-state index contributed by atoms with van der Waals surface area (Å²) in [5.41, 5.74) is 1.15. The Hall–Kier alpha value is -1.23. The van der Waals surface area contributed by atoms with Gasteiger partial charge in [-0.2, -0.15) is 0 Å². The number of rotatable bonds is 3. The Balaban J connectivity index is 1.41. The van der Waals surface area contributed by atoms with Gasteiger partial charge in [-0.3, -0.25) is 4.79 Å². The molecule has 116 valence electrons. The smallest absolute Gasteiger partial charge is 0.224 e. The van der Waals surface area contributed by atoms with Crippen molar-refractivity contribution in [2.24, 2.45) is 17.8 Å². The summed E-state index contributed by atoms with van der Waals surface area (Å²) in [7, 11) is 0. The third-order valence-electron chi connectivity index (χ3n) is 5.69. The van der Waals surface area contributed by atoms with Crippen LogP contribution in [0.3, 0.4) is 0 Å². The lowest BCUT2D eigenvalue weighted by Gasteiger charge is -2.42. The highest BCUT2D eigenvalue weighted by atomic mass is 16.2. The first-order valence-electron chi connectivity index (χ1n) is 8.32. The van der Waals surface area contributed by atoms with E-state index in [-0.39, 0.29) is 23.5 Å². The molecular formula is C16H26N4O. The van der Waals surface area contributed by atoms with Crippen molar-refractivity contribution in [3.8, 4) is 0 Å². The number of nitrogens with one attached hydrogen (secondary N) is 3. The summed E-state index contributed by atoms with van der Waals surface area (Å²) in [6.45, 7) is 7.42. The largest absolute Gasteiger partial charge is 0.368 e. The quantitative estimate of drug-likeness (QED) is 0.712. The van der Waals surface area contributed by atoms with Gasteiger partial charge in [-0.15, -0.1) is 0 Å². The van der Waals surface area contributed by atoms with Crippen LogP contribution in [0.2, 0.25) is 0 Å². The molecule has 3 N–H and O–H groups in total. The minimum atomic E-state index is -0.253. The molecule has 0 spiro atoms. The lowest BCUT2D eigenvalue weighted by Crippen LogP contribution is -2.62. The van der Waals surface area contributed by atoms with Crippen LogP contribution in [0.1, 0.15) is 33.1 Å². The van der Waals surface area contributed by atoms with Crippen molar-refractivity contribution in [3.05, 3.63) is 11.9 Å². The number of amides is 1. The lowest BCUT2D eigenvalue weighted by atomic mass is 9.97. The van der Waals surface area contributed by atoms with Crippen LogP contribution in [-0.4, -0.2) is 42.1 Å². The molecule has 1 unspecified atom stereocenters. The highest BCUT2D eigenvalue weighted by molar-refractivity contribution is 5.83. The fourth-order valence-electron chi connectivity index (χ4n) is 4.46. The maximum atomic E-state index is 12.5. The molecule has 2 saturated heterocycles. The minimum absolute atomic E-state index is 0.188. The zero-order chi connectivity index (χ0) is 14.6. The molecule has 5 heteroatoms. The number of allylic oxidation sites excluding steroid dienone is 1. The Bertz CT molecular complexity index is 477. The number of nitrogens with zero attached hydrogens (tertiary/aromatic N) is 1. The second kappa shape index (κ2) is 4.63. The molecule has 0 aromatic carbocycles. The van der Waals surface area contributed by atoms with E-state index >= 15 is 0 Å². The van der Waals surface area contributed by atoms with Crippen molar-refractivity contribution < 1.29 is 4.79 Å². The van der Waals surface area contributed by atoms with E-state index in [1.165, 1.54) is 18.5 Å². The molecule has 3 fully saturated rings. The summed E-state index contributed by atoms with van der Waals surface area (Å²) in [6, 6.07) is 0. The predicted molar refractivity (Wildman–Crippen MR) is 81.1 cm³/mol. The molecule has 4 aliphatic rings. The topological polar surface area (TPSA) is 56.4 Å². The van der Waals surface area contributed by atoms with E-state index in [4.69, 9.17) is 0 Å². The number of hydrogen-bond acceptors (Lipinski definition) is 4. The average molecular weight is 290 g/mol. The van der Waals surface area contributed by atoms with Crippen LogP contribution >= 0.6 is 0 Å². The SMILES string of the molecule is CC(C)(NC(=O)[C@H]1[C@@H]2CNC[C@@H]21)C1NC=C2CCCCN21. The van der Waals surface area contributed by atoms with E-state index in [0.29, 0.717) is 11.8 Å². The Morgan fingerprint density at radius 3 is 2.86 bits per heavy atom. The molecule has 3 heterocycles. The Morgan fingerprint density at radius 2 is 2.10 bits per heavy atom. The van der Waals surface area contributed by atoms with E-state index in [2.05, 4.69) is 40.9 Å². The highest BCUT2D eigenvalue weighted by Gasteiger charge is 2.57. The lowest BCUT2D eigenvalue weighted by molar-refractivity contribution is -0.125. The summed E-state index contributed by atoms with van der Waals surface area (Å²) in [4.78, 5) is 15.0. The Labute approximate surface area is 126 Å². The van der Waals surface area contributed by atoms with Crippen molar-refractivity contribution in [2.45, 2.75) is 44.8 Å². The molecule has 21 heavy (non-hydrogen) atoms. The van der Waals surface area contributed by atoms with Gasteiger partial charge in [-0.1, -0.05) is 0 Å². The van der Waals surface area contributed by atoms with Crippen LogP contribution in [0.4, 0.5) is 0 Å². The summed E-state index contributed by atoms with van der Waals surface area (Å²) < 4.78 is 0. The second-order valence-electron chi connectivity index (χ2n) is 7.58. The number of hydrogen-bond donors (Lipinski definition) is 3. The van der Waals surface area contributed by atoms with Gasteiger partial charge < -0.3 is 20.9 Å². The molecule has 3 aliphatic heterocycles. The minimum Gasteiger partial charge on any atom is -0.368 e.